The van der Waals surface area contributed by atoms with Crippen molar-refractivity contribution in [1.29, 1.82) is 0 Å². The zero-order valence-electron chi connectivity index (χ0n) is 15.9. The molecule has 1 heterocycles. The molecule has 0 bridgehead atoms. The summed E-state index contributed by atoms with van der Waals surface area (Å²) >= 11 is 0. The smallest absolute Gasteiger partial charge is 0.326 e. The number of carbonyl (C=O) groups is 4. The number of carboxylic acid groups (broad SMARTS) is 1. The van der Waals surface area contributed by atoms with Crippen molar-refractivity contribution in [2.75, 3.05) is 0 Å². The molecule has 1 aliphatic carbocycles. The summed E-state index contributed by atoms with van der Waals surface area (Å²) in [5.74, 6) is -2.78. The Morgan fingerprint density at radius 1 is 1.30 bits per heavy atom. The second-order valence-corrected chi connectivity index (χ2v) is 7.65. The minimum Gasteiger partial charge on any atom is -0.480 e. The molecule has 9 nitrogen and oxygen atoms in total. The van der Waals surface area contributed by atoms with Crippen molar-refractivity contribution >= 4 is 23.8 Å². The summed E-state index contributed by atoms with van der Waals surface area (Å²) in [4.78, 5) is 47.2. The molecule has 27 heavy (non-hydrogen) atoms. The summed E-state index contributed by atoms with van der Waals surface area (Å²) in [6.07, 6.45) is 1.68. The van der Waals surface area contributed by atoms with E-state index in [4.69, 9.17) is 10.5 Å². The second-order valence-electron chi connectivity index (χ2n) is 7.65. The van der Waals surface area contributed by atoms with Crippen molar-refractivity contribution in [1.82, 2.24) is 10.6 Å². The maximum absolute atomic E-state index is 12.4. The van der Waals surface area contributed by atoms with Gasteiger partial charge in [-0.1, -0.05) is 20.3 Å². The standard InChI is InChI=1S/C18H29N3O6/c1-4-8(2)13-14(27-18(13)26)16(23)20-11-6-5-10(11)7-12(17(24)25)21-15(22)9(3)19/h8-14H,4-7,19H2,1-3H3,(H,20,23)(H,21,22)(H,24,25)/t8-,9-,10+,11?,12-,13-,14+/m0/s1. The molecule has 5 N–H and O–H groups in total. The van der Waals surface area contributed by atoms with Crippen LogP contribution in [-0.4, -0.2) is 53.1 Å². The molecule has 0 spiro atoms. The average molecular weight is 383 g/mol. The number of hydrogen-bond acceptors (Lipinski definition) is 6. The Balaban J connectivity index is 1.89. The van der Waals surface area contributed by atoms with Gasteiger partial charge in [-0.25, -0.2) is 4.79 Å². The van der Waals surface area contributed by atoms with E-state index < -0.39 is 36.0 Å². The Labute approximate surface area is 158 Å². The predicted octanol–water partition coefficient (Wildman–Crippen LogP) is -0.224. The maximum atomic E-state index is 12.4. The van der Waals surface area contributed by atoms with Gasteiger partial charge >= 0.3 is 11.9 Å². The highest BCUT2D eigenvalue weighted by Gasteiger charge is 2.50. The van der Waals surface area contributed by atoms with E-state index in [1.54, 1.807) is 0 Å². The number of carbonyl (C=O) groups excluding carboxylic acids is 3. The Bertz CT molecular complexity index is 608. The van der Waals surface area contributed by atoms with Crippen LogP contribution in [0.1, 0.15) is 46.5 Å². The Hall–Kier alpha value is -2.16. The molecule has 0 aromatic carbocycles. The summed E-state index contributed by atoms with van der Waals surface area (Å²) in [5.41, 5.74) is 5.47. The normalized spacial score (nSPS) is 30.0. The van der Waals surface area contributed by atoms with Crippen molar-refractivity contribution in [3.8, 4) is 0 Å². The number of carboxylic acids is 1. The number of hydrogen-bond donors (Lipinski definition) is 4. The minimum absolute atomic E-state index is 0.0593. The number of nitrogens with two attached hydrogens (primary N) is 1. The van der Waals surface area contributed by atoms with Crippen molar-refractivity contribution in [3.05, 3.63) is 0 Å². The van der Waals surface area contributed by atoms with E-state index >= 15 is 0 Å². The molecule has 9 heteroatoms. The van der Waals surface area contributed by atoms with Gasteiger partial charge in [0.25, 0.3) is 5.91 Å². The summed E-state index contributed by atoms with van der Waals surface area (Å²) in [6, 6.07) is -2.04. The average Bonchev–Trinajstić information content (AvgIpc) is 2.58. The third-order valence-corrected chi connectivity index (χ3v) is 5.67. The van der Waals surface area contributed by atoms with Crippen LogP contribution in [0.4, 0.5) is 0 Å². The molecular weight excluding hydrogens is 354 g/mol. The van der Waals surface area contributed by atoms with Gasteiger partial charge in [-0.15, -0.1) is 0 Å². The first-order chi connectivity index (χ1) is 12.6. The van der Waals surface area contributed by atoms with E-state index in [0.29, 0.717) is 0 Å². The third-order valence-electron chi connectivity index (χ3n) is 5.67. The van der Waals surface area contributed by atoms with Crippen LogP contribution in [0.25, 0.3) is 0 Å². The zero-order valence-corrected chi connectivity index (χ0v) is 15.9. The fraction of sp³-hybridized carbons (Fsp3) is 0.778. The van der Waals surface area contributed by atoms with E-state index in [-0.39, 0.29) is 36.2 Å². The fourth-order valence-corrected chi connectivity index (χ4v) is 3.46. The van der Waals surface area contributed by atoms with Gasteiger partial charge in [0.1, 0.15) is 12.0 Å². The van der Waals surface area contributed by atoms with Crippen LogP contribution in [-0.2, 0) is 23.9 Å². The summed E-state index contributed by atoms with van der Waals surface area (Å²) in [6.45, 7) is 5.35. The van der Waals surface area contributed by atoms with Crippen molar-refractivity contribution < 1.29 is 29.0 Å². The van der Waals surface area contributed by atoms with Gasteiger partial charge in [-0.05, 0) is 38.0 Å². The topological polar surface area (TPSA) is 148 Å². The van der Waals surface area contributed by atoms with Crippen molar-refractivity contribution in [2.45, 2.75) is 70.7 Å². The summed E-state index contributed by atoms with van der Waals surface area (Å²) in [5, 5.41) is 14.6. The van der Waals surface area contributed by atoms with Crippen LogP contribution < -0.4 is 16.4 Å². The first-order valence-corrected chi connectivity index (χ1v) is 9.45. The van der Waals surface area contributed by atoms with Crippen LogP contribution in [0.3, 0.4) is 0 Å². The summed E-state index contributed by atoms with van der Waals surface area (Å²) < 4.78 is 5.02. The van der Waals surface area contributed by atoms with E-state index in [2.05, 4.69) is 10.6 Å². The first kappa shape index (κ1) is 21.1. The van der Waals surface area contributed by atoms with Crippen LogP contribution in [0, 0.1) is 17.8 Å². The lowest BCUT2D eigenvalue weighted by atomic mass is 9.75. The molecule has 2 aliphatic rings. The Morgan fingerprint density at radius 2 is 1.96 bits per heavy atom. The number of nitrogens with one attached hydrogen (secondary N) is 2. The highest BCUT2D eigenvalue weighted by Crippen LogP contribution is 2.34. The van der Waals surface area contributed by atoms with Gasteiger partial charge in [0.05, 0.1) is 6.04 Å². The molecule has 7 atom stereocenters. The van der Waals surface area contributed by atoms with E-state index in [0.717, 1.165) is 19.3 Å². The molecular formula is C18H29N3O6. The van der Waals surface area contributed by atoms with Crippen LogP contribution in [0.2, 0.25) is 0 Å². The number of rotatable bonds is 9. The van der Waals surface area contributed by atoms with Crippen LogP contribution in [0.15, 0.2) is 0 Å². The minimum atomic E-state index is -1.13. The van der Waals surface area contributed by atoms with Gasteiger partial charge in [-0.3, -0.25) is 14.4 Å². The number of esters is 1. The molecule has 1 saturated heterocycles. The number of ether oxygens (including phenoxy) is 1. The highest BCUT2D eigenvalue weighted by molar-refractivity contribution is 5.94. The number of aliphatic carboxylic acids is 1. The van der Waals surface area contributed by atoms with Crippen molar-refractivity contribution in [3.63, 3.8) is 0 Å². The lowest BCUT2D eigenvalue weighted by Gasteiger charge is -2.42. The van der Waals surface area contributed by atoms with E-state index in [9.17, 15) is 24.3 Å². The molecule has 1 unspecified atom stereocenters. The predicted molar refractivity (Wildman–Crippen MR) is 95.3 cm³/mol. The molecule has 0 aromatic heterocycles. The monoisotopic (exact) mass is 383 g/mol. The fourth-order valence-electron chi connectivity index (χ4n) is 3.46. The largest absolute Gasteiger partial charge is 0.480 e. The summed E-state index contributed by atoms with van der Waals surface area (Å²) in [7, 11) is 0. The molecule has 2 amide bonds. The van der Waals surface area contributed by atoms with Gasteiger partial charge in [0, 0.05) is 6.04 Å². The Kier molecular flexibility index (Phi) is 6.80. The molecule has 2 rings (SSSR count). The Morgan fingerprint density at radius 3 is 2.41 bits per heavy atom. The highest BCUT2D eigenvalue weighted by atomic mass is 16.6. The molecule has 0 aromatic rings. The molecule has 2 fully saturated rings. The van der Waals surface area contributed by atoms with E-state index in [1.165, 1.54) is 6.92 Å². The lowest BCUT2D eigenvalue weighted by Crippen LogP contribution is -2.60. The second kappa shape index (κ2) is 8.69. The van der Waals surface area contributed by atoms with Gasteiger partial charge in [0.15, 0.2) is 6.10 Å². The molecule has 1 aliphatic heterocycles. The van der Waals surface area contributed by atoms with Crippen LogP contribution >= 0.6 is 0 Å². The molecule has 152 valence electrons. The SMILES string of the molecule is CC[C@H](C)[C@@H]1C(=O)O[C@H]1C(=O)NC1CC[C@@H]1C[C@H](NC(=O)[C@H](C)N)C(=O)O. The zero-order chi connectivity index (χ0) is 20.3. The van der Waals surface area contributed by atoms with Gasteiger partial charge in [0.2, 0.25) is 5.91 Å². The van der Waals surface area contributed by atoms with E-state index in [1.807, 2.05) is 13.8 Å². The van der Waals surface area contributed by atoms with Gasteiger partial charge < -0.3 is 26.2 Å². The van der Waals surface area contributed by atoms with Crippen LogP contribution in [0.5, 0.6) is 0 Å². The third kappa shape index (κ3) is 4.77. The molecule has 0 radical (unpaired) electrons. The quantitative estimate of drug-likeness (QED) is 0.402. The van der Waals surface area contributed by atoms with Gasteiger partial charge in [-0.2, -0.15) is 0 Å². The molecule has 1 saturated carbocycles. The first-order valence-electron chi connectivity index (χ1n) is 9.45. The maximum Gasteiger partial charge on any atom is 0.326 e. The number of cyclic esters (lactones) is 1. The number of amides is 2. The lowest BCUT2D eigenvalue weighted by molar-refractivity contribution is -0.193. The van der Waals surface area contributed by atoms with Crippen molar-refractivity contribution in [2.24, 2.45) is 23.5 Å².